The van der Waals surface area contributed by atoms with E-state index in [4.69, 9.17) is 0 Å². The summed E-state index contributed by atoms with van der Waals surface area (Å²) in [7, 11) is 0. The van der Waals surface area contributed by atoms with E-state index in [1.165, 1.54) is 32.5 Å². The van der Waals surface area contributed by atoms with Crippen LogP contribution in [0.25, 0.3) is 21.3 Å². The molecular formula is C16H15NS. The zero-order valence-electron chi connectivity index (χ0n) is 10.8. The van der Waals surface area contributed by atoms with E-state index in [-0.39, 0.29) is 0 Å². The fraction of sp³-hybridized carbons (Fsp3) is 0.188. The average Bonchev–Trinajstić information content (AvgIpc) is 2.83. The van der Waals surface area contributed by atoms with E-state index in [9.17, 15) is 0 Å². The van der Waals surface area contributed by atoms with E-state index in [2.05, 4.69) is 56.1 Å². The summed E-state index contributed by atoms with van der Waals surface area (Å²) in [6, 6.07) is 10.9. The lowest BCUT2D eigenvalue weighted by molar-refractivity contribution is 1.27. The van der Waals surface area contributed by atoms with Gasteiger partial charge in [-0.1, -0.05) is 18.2 Å². The summed E-state index contributed by atoms with van der Waals surface area (Å²) in [5.74, 6) is 0. The molecule has 0 aliphatic carbocycles. The second-order valence-electron chi connectivity index (χ2n) is 4.71. The van der Waals surface area contributed by atoms with Crippen molar-refractivity contribution in [1.29, 1.82) is 0 Å². The molecule has 0 spiro atoms. The van der Waals surface area contributed by atoms with Gasteiger partial charge in [0.1, 0.15) is 0 Å². The fourth-order valence-corrected chi connectivity index (χ4v) is 3.01. The molecule has 0 unspecified atom stereocenters. The molecule has 0 saturated carbocycles. The summed E-state index contributed by atoms with van der Waals surface area (Å²) in [5.41, 5.74) is 9.72. The first-order valence-corrected chi connectivity index (χ1v) is 6.95. The summed E-state index contributed by atoms with van der Waals surface area (Å²) < 4.78 is 1.25. The van der Waals surface area contributed by atoms with Crippen molar-refractivity contribution in [3.63, 3.8) is 0 Å². The van der Waals surface area contributed by atoms with Gasteiger partial charge in [-0.25, -0.2) is 4.98 Å². The molecule has 0 N–H and O–H groups in total. The Labute approximate surface area is 111 Å². The Hall–Kier alpha value is -1.67. The lowest BCUT2D eigenvalue weighted by atomic mass is 9.94. The van der Waals surface area contributed by atoms with Crippen LogP contribution >= 0.6 is 11.3 Å². The van der Waals surface area contributed by atoms with Gasteiger partial charge in [-0.3, -0.25) is 0 Å². The fourth-order valence-electron chi connectivity index (χ4n) is 2.29. The molecule has 2 aromatic carbocycles. The molecule has 1 aromatic heterocycles. The van der Waals surface area contributed by atoms with E-state index in [1.807, 2.05) is 5.51 Å². The van der Waals surface area contributed by atoms with Crippen LogP contribution in [-0.2, 0) is 0 Å². The van der Waals surface area contributed by atoms with Gasteiger partial charge in [-0.15, -0.1) is 11.3 Å². The summed E-state index contributed by atoms with van der Waals surface area (Å²) in [4.78, 5) is 4.33. The molecule has 1 heterocycles. The first-order valence-electron chi connectivity index (χ1n) is 6.07. The monoisotopic (exact) mass is 253 g/mol. The average molecular weight is 253 g/mol. The molecular weight excluding hydrogens is 238 g/mol. The van der Waals surface area contributed by atoms with Crippen molar-refractivity contribution in [2.75, 3.05) is 0 Å². The third-order valence-corrected chi connectivity index (χ3v) is 4.49. The van der Waals surface area contributed by atoms with Crippen LogP contribution in [-0.4, -0.2) is 4.98 Å². The molecule has 0 aliphatic heterocycles. The summed E-state index contributed by atoms with van der Waals surface area (Å²) >= 11 is 1.70. The third kappa shape index (κ3) is 1.73. The lowest BCUT2D eigenvalue weighted by Gasteiger charge is -2.11. The summed E-state index contributed by atoms with van der Waals surface area (Å²) in [6.45, 7) is 6.56. The molecule has 1 nitrogen and oxygen atoms in total. The predicted molar refractivity (Wildman–Crippen MR) is 79.3 cm³/mol. The molecule has 3 rings (SSSR count). The maximum Gasteiger partial charge on any atom is 0.0812 e. The van der Waals surface area contributed by atoms with Crippen LogP contribution in [0.5, 0.6) is 0 Å². The van der Waals surface area contributed by atoms with Crippen LogP contribution in [0.1, 0.15) is 16.7 Å². The minimum atomic E-state index is 1.09. The second kappa shape index (κ2) is 4.21. The molecule has 90 valence electrons. The van der Waals surface area contributed by atoms with E-state index in [0.29, 0.717) is 0 Å². The number of aromatic nitrogens is 1. The molecule has 0 bridgehead atoms. The van der Waals surface area contributed by atoms with Gasteiger partial charge in [0, 0.05) is 0 Å². The first kappa shape index (κ1) is 11.4. The van der Waals surface area contributed by atoms with Crippen LogP contribution in [0.2, 0.25) is 0 Å². The minimum absolute atomic E-state index is 1.09. The topological polar surface area (TPSA) is 12.9 Å². The lowest BCUT2D eigenvalue weighted by Crippen LogP contribution is -1.90. The number of fused-ring (bicyclic) bond motifs is 1. The SMILES string of the molecule is Cc1ccc(-c2ccc3ncsc3c2)c(C)c1C. The number of aryl methyl sites for hydroxylation is 1. The van der Waals surface area contributed by atoms with Gasteiger partial charge in [0.25, 0.3) is 0 Å². The van der Waals surface area contributed by atoms with Crippen molar-refractivity contribution in [3.05, 3.63) is 52.5 Å². The molecule has 2 heteroatoms. The van der Waals surface area contributed by atoms with E-state index < -0.39 is 0 Å². The highest BCUT2D eigenvalue weighted by Crippen LogP contribution is 2.30. The van der Waals surface area contributed by atoms with Crippen molar-refractivity contribution in [2.45, 2.75) is 20.8 Å². The molecule has 18 heavy (non-hydrogen) atoms. The number of nitrogens with zero attached hydrogens (tertiary/aromatic N) is 1. The Morgan fingerprint density at radius 3 is 2.61 bits per heavy atom. The van der Waals surface area contributed by atoms with Crippen molar-refractivity contribution in [2.24, 2.45) is 0 Å². The highest BCUT2D eigenvalue weighted by molar-refractivity contribution is 7.16. The van der Waals surface area contributed by atoms with Crippen LogP contribution in [0, 0.1) is 20.8 Å². The third-order valence-electron chi connectivity index (χ3n) is 3.70. The zero-order chi connectivity index (χ0) is 12.7. The summed E-state index contributed by atoms with van der Waals surface area (Å²) in [5, 5.41) is 0. The van der Waals surface area contributed by atoms with Crippen LogP contribution in [0.4, 0.5) is 0 Å². The zero-order valence-corrected chi connectivity index (χ0v) is 11.6. The highest BCUT2D eigenvalue weighted by atomic mass is 32.1. The Morgan fingerprint density at radius 2 is 1.78 bits per heavy atom. The van der Waals surface area contributed by atoms with Crippen molar-refractivity contribution < 1.29 is 0 Å². The summed E-state index contributed by atoms with van der Waals surface area (Å²) in [6.07, 6.45) is 0. The molecule has 0 radical (unpaired) electrons. The van der Waals surface area contributed by atoms with Gasteiger partial charge in [0.15, 0.2) is 0 Å². The van der Waals surface area contributed by atoms with E-state index >= 15 is 0 Å². The second-order valence-corrected chi connectivity index (χ2v) is 5.60. The normalized spacial score (nSPS) is 11.1. The van der Waals surface area contributed by atoms with Gasteiger partial charge in [-0.2, -0.15) is 0 Å². The quantitative estimate of drug-likeness (QED) is 0.601. The minimum Gasteiger partial charge on any atom is -0.245 e. The number of hydrogen-bond acceptors (Lipinski definition) is 2. The van der Waals surface area contributed by atoms with Gasteiger partial charge in [0.2, 0.25) is 0 Å². The number of thiazole rings is 1. The molecule has 0 aliphatic rings. The van der Waals surface area contributed by atoms with Crippen molar-refractivity contribution in [3.8, 4) is 11.1 Å². The van der Waals surface area contributed by atoms with E-state index in [1.54, 1.807) is 11.3 Å². The molecule has 0 saturated heterocycles. The van der Waals surface area contributed by atoms with Crippen LogP contribution in [0.15, 0.2) is 35.8 Å². The standard InChI is InChI=1S/C16H15NS/c1-10-4-6-14(12(3)11(10)2)13-5-7-15-16(8-13)18-9-17-15/h4-9H,1-3H3. The van der Waals surface area contributed by atoms with Gasteiger partial charge in [-0.05, 0) is 60.7 Å². The molecule has 0 atom stereocenters. The van der Waals surface area contributed by atoms with Gasteiger partial charge >= 0.3 is 0 Å². The number of benzene rings is 2. The highest BCUT2D eigenvalue weighted by Gasteiger charge is 2.07. The number of hydrogen-bond donors (Lipinski definition) is 0. The largest absolute Gasteiger partial charge is 0.245 e. The Balaban J connectivity index is 2.22. The van der Waals surface area contributed by atoms with Crippen molar-refractivity contribution in [1.82, 2.24) is 4.98 Å². The Bertz CT molecular complexity index is 725. The maximum absolute atomic E-state index is 4.33. The van der Waals surface area contributed by atoms with E-state index in [0.717, 1.165) is 5.52 Å². The molecule has 0 amide bonds. The van der Waals surface area contributed by atoms with Crippen LogP contribution < -0.4 is 0 Å². The van der Waals surface area contributed by atoms with Crippen molar-refractivity contribution >= 4 is 21.6 Å². The predicted octanol–water partition coefficient (Wildman–Crippen LogP) is 4.89. The Kier molecular flexibility index (Phi) is 2.67. The molecule has 3 aromatic rings. The maximum atomic E-state index is 4.33. The molecule has 0 fully saturated rings. The smallest absolute Gasteiger partial charge is 0.0812 e. The van der Waals surface area contributed by atoms with Gasteiger partial charge < -0.3 is 0 Å². The Morgan fingerprint density at radius 1 is 0.944 bits per heavy atom. The number of rotatable bonds is 1. The van der Waals surface area contributed by atoms with Gasteiger partial charge in [0.05, 0.1) is 15.7 Å². The van der Waals surface area contributed by atoms with Crippen LogP contribution in [0.3, 0.4) is 0 Å². The first-order chi connectivity index (χ1) is 8.66.